The van der Waals surface area contributed by atoms with Gasteiger partial charge in [-0.25, -0.2) is 4.98 Å². The standard InChI is InChI=1S/C22H22N4O2S/c1-13-5-7-17(8-6-13)28-12-21(27)24-20-11-16(4)25-26(20)22-23-18-9-14(2)15(3)10-19(18)29-22/h5-11H,12H2,1-4H3,(H,24,27). The number of aromatic nitrogens is 3. The van der Waals surface area contributed by atoms with E-state index >= 15 is 0 Å². The molecule has 2 aromatic carbocycles. The molecule has 0 saturated heterocycles. The summed E-state index contributed by atoms with van der Waals surface area (Å²) < 4.78 is 8.34. The first-order valence-corrected chi connectivity index (χ1v) is 10.1. The molecular weight excluding hydrogens is 384 g/mol. The summed E-state index contributed by atoms with van der Waals surface area (Å²) >= 11 is 1.55. The van der Waals surface area contributed by atoms with Gasteiger partial charge < -0.3 is 10.1 Å². The van der Waals surface area contributed by atoms with Crippen LogP contribution in [0.25, 0.3) is 15.3 Å². The van der Waals surface area contributed by atoms with Crippen molar-refractivity contribution in [2.24, 2.45) is 0 Å². The summed E-state index contributed by atoms with van der Waals surface area (Å²) in [6.45, 7) is 7.98. The van der Waals surface area contributed by atoms with Crippen LogP contribution in [0.4, 0.5) is 5.82 Å². The Morgan fingerprint density at radius 3 is 2.55 bits per heavy atom. The second kappa shape index (κ2) is 7.67. The highest BCUT2D eigenvalue weighted by Gasteiger charge is 2.15. The third-order valence-corrected chi connectivity index (χ3v) is 5.66. The van der Waals surface area contributed by atoms with Gasteiger partial charge in [0.25, 0.3) is 5.91 Å². The Morgan fingerprint density at radius 1 is 1.07 bits per heavy atom. The molecule has 0 aliphatic heterocycles. The fraction of sp³-hybridized carbons (Fsp3) is 0.227. The van der Waals surface area contributed by atoms with E-state index in [9.17, 15) is 4.79 Å². The van der Waals surface area contributed by atoms with E-state index in [-0.39, 0.29) is 12.5 Å². The number of rotatable bonds is 5. The molecule has 0 bridgehead atoms. The molecule has 4 aromatic rings. The average molecular weight is 407 g/mol. The lowest BCUT2D eigenvalue weighted by molar-refractivity contribution is -0.118. The molecular formula is C22H22N4O2S. The van der Waals surface area contributed by atoms with Crippen molar-refractivity contribution < 1.29 is 9.53 Å². The summed E-state index contributed by atoms with van der Waals surface area (Å²) in [4.78, 5) is 17.1. The highest BCUT2D eigenvalue weighted by molar-refractivity contribution is 7.20. The minimum absolute atomic E-state index is 0.0779. The Kier molecular flexibility index (Phi) is 5.07. The van der Waals surface area contributed by atoms with Crippen molar-refractivity contribution in [1.82, 2.24) is 14.8 Å². The number of thiazole rings is 1. The van der Waals surface area contributed by atoms with Gasteiger partial charge in [0, 0.05) is 6.07 Å². The van der Waals surface area contributed by atoms with Crippen molar-refractivity contribution in [2.75, 3.05) is 11.9 Å². The first kappa shape index (κ1) is 19.1. The van der Waals surface area contributed by atoms with Gasteiger partial charge in [-0.05, 0) is 63.1 Å². The zero-order valence-electron chi connectivity index (χ0n) is 16.8. The van der Waals surface area contributed by atoms with Crippen LogP contribution < -0.4 is 10.1 Å². The van der Waals surface area contributed by atoms with Crippen LogP contribution in [0.5, 0.6) is 5.75 Å². The van der Waals surface area contributed by atoms with Crippen molar-refractivity contribution in [3.8, 4) is 10.9 Å². The van der Waals surface area contributed by atoms with Crippen LogP contribution in [0.1, 0.15) is 22.4 Å². The molecule has 2 aromatic heterocycles. The molecule has 1 amide bonds. The zero-order valence-corrected chi connectivity index (χ0v) is 17.6. The first-order valence-electron chi connectivity index (χ1n) is 9.33. The van der Waals surface area contributed by atoms with Gasteiger partial charge in [0.1, 0.15) is 11.6 Å². The van der Waals surface area contributed by atoms with Crippen LogP contribution in [0, 0.1) is 27.7 Å². The first-order chi connectivity index (χ1) is 13.9. The Morgan fingerprint density at radius 2 is 1.79 bits per heavy atom. The second-order valence-electron chi connectivity index (χ2n) is 7.13. The van der Waals surface area contributed by atoms with Gasteiger partial charge in [-0.3, -0.25) is 4.79 Å². The largest absolute Gasteiger partial charge is 0.484 e. The Bertz CT molecular complexity index is 1150. The highest BCUT2D eigenvalue weighted by atomic mass is 32.1. The summed E-state index contributed by atoms with van der Waals surface area (Å²) in [7, 11) is 0. The minimum Gasteiger partial charge on any atom is -0.484 e. The zero-order chi connectivity index (χ0) is 20.5. The number of carbonyl (C=O) groups is 1. The second-order valence-corrected chi connectivity index (χ2v) is 8.14. The molecule has 6 nitrogen and oxygen atoms in total. The Labute approximate surface area is 173 Å². The smallest absolute Gasteiger partial charge is 0.263 e. The molecule has 0 atom stereocenters. The van der Waals surface area contributed by atoms with E-state index in [1.807, 2.05) is 44.2 Å². The van der Waals surface area contributed by atoms with Crippen molar-refractivity contribution in [2.45, 2.75) is 27.7 Å². The number of hydrogen-bond acceptors (Lipinski definition) is 5. The Hall–Kier alpha value is -3.19. The predicted molar refractivity (Wildman–Crippen MR) is 116 cm³/mol. The lowest BCUT2D eigenvalue weighted by Gasteiger charge is -2.08. The summed E-state index contributed by atoms with van der Waals surface area (Å²) in [6.07, 6.45) is 0. The number of anilines is 1. The summed E-state index contributed by atoms with van der Waals surface area (Å²) in [5.74, 6) is 0.986. The van der Waals surface area contributed by atoms with Crippen LogP contribution in [0.3, 0.4) is 0 Å². The number of amides is 1. The van der Waals surface area contributed by atoms with Crippen LogP contribution in [-0.2, 0) is 4.79 Å². The number of aryl methyl sites for hydroxylation is 4. The molecule has 0 aliphatic rings. The van der Waals surface area contributed by atoms with Crippen molar-refractivity contribution in [3.63, 3.8) is 0 Å². The van der Waals surface area contributed by atoms with E-state index in [1.54, 1.807) is 16.0 Å². The molecule has 7 heteroatoms. The van der Waals surface area contributed by atoms with E-state index in [0.717, 1.165) is 21.5 Å². The highest BCUT2D eigenvalue weighted by Crippen LogP contribution is 2.29. The molecule has 0 radical (unpaired) electrons. The van der Waals surface area contributed by atoms with Gasteiger partial charge in [-0.2, -0.15) is 9.78 Å². The van der Waals surface area contributed by atoms with Gasteiger partial charge in [0.15, 0.2) is 6.61 Å². The quantitative estimate of drug-likeness (QED) is 0.520. The van der Waals surface area contributed by atoms with Gasteiger partial charge >= 0.3 is 0 Å². The lowest BCUT2D eigenvalue weighted by Crippen LogP contribution is -2.21. The van der Waals surface area contributed by atoms with Crippen LogP contribution in [-0.4, -0.2) is 27.3 Å². The number of carbonyl (C=O) groups excluding carboxylic acids is 1. The number of fused-ring (bicyclic) bond motifs is 1. The van der Waals surface area contributed by atoms with E-state index in [1.165, 1.54) is 11.1 Å². The third-order valence-electron chi connectivity index (χ3n) is 4.66. The SMILES string of the molecule is Cc1ccc(OCC(=O)Nc2cc(C)nn2-c2nc3cc(C)c(C)cc3s2)cc1. The molecule has 29 heavy (non-hydrogen) atoms. The molecule has 4 rings (SSSR count). The van der Waals surface area contributed by atoms with E-state index in [4.69, 9.17) is 9.72 Å². The van der Waals surface area contributed by atoms with E-state index in [2.05, 4.69) is 36.4 Å². The van der Waals surface area contributed by atoms with Gasteiger partial charge in [-0.15, -0.1) is 0 Å². The Balaban J connectivity index is 1.53. The monoisotopic (exact) mass is 406 g/mol. The number of nitrogens with zero attached hydrogens (tertiary/aromatic N) is 3. The number of benzene rings is 2. The molecule has 2 heterocycles. The van der Waals surface area contributed by atoms with Crippen LogP contribution in [0.15, 0.2) is 42.5 Å². The van der Waals surface area contributed by atoms with E-state index < -0.39 is 0 Å². The van der Waals surface area contributed by atoms with Crippen LogP contribution in [0.2, 0.25) is 0 Å². The molecule has 0 aliphatic carbocycles. The van der Waals surface area contributed by atoms with Crippen molar-refractivity contribution >= 4 is 33.3 Å². The molecule has 0 spiro atoms. The average Bonchev–Trinajstić information content (AvgIpc) is 3.24. The fourth-order valence-corrected chi connectivity index (χ4v) is 3.97. The van der Waals surface area contributed by atoms with Gasteiger partial charge in [0.2, 0.25) is 5.13 Å². The van der Waals surface area contributed by atoms with Crippen LogP contribution >= 0.6 is 11.3 Å². The lowest BCUT2D eigenvalue weighted by atomic mass is 10.1. The maximum Gasteiger partial charge on any atom is 0.263 e. The number of nitrogens with one attached hydrogen (secondary N) is 1. The minimum atomic E-state index is -0.250. The van der Waals surface area contributed by atoms with Gasteiger partial charge in [0.05, 0.1) is 15.9 Å². The number of hydrogen-bond donors (Lipinski definition) is 1. The van der Waals surface area contributed by atoms with Crippen molar-refractivity contribution in [3.05, 3.63) is 64.8 Å². The summed E-state index contributed by atoms with van der Waals surface area (Å²) in [6, 6.07) is 13.6. The van der Waals surface area contributed by atoms with Crippen molar-refractivity contribution in [1.29, 1.82) is 0 Å². The predicted octanol–water partition coefficient (Wildman–Crippen LogP) is 4.73. The van der Waals surface area contributed by atoms with Gasteiger partial charge in [-0.1, -0.05) is 29.0 Å². The maximum absolute atomic E-state index is 12.4. The maximum atomic E-state index is 12.4. The van der Waals surface area contributed by atoms with E-state index in [0.29, 0.717) is 16.7 Å². The molecule has 0 unspecified atom stereocenters. The topological polar surface area (TPSA) is 69.0 Å². The molecule has 0 saturated carbocycles. The molecule has 148 valence electrons. The normalized spacial score (nSPS) is 11.0. The fourth-order valence-electron chi connectivity index (χ4n) is 2.96. The molecule has 0 fully saturated rings. The molecule has 1 N–H and O–H groups in total. The third kappa shape index (κ3) is 4.14. The number of ether oxygens (including phenoxy) is 1. The summed E-state index contributed by atoms with van der Waals surface area (Å²) in [5.41, 5.74) is 5.30. The summed E-state index contributed by atoms with van der Waals surface area (Å²) in [5, 5.41) is 8.11.